The molecule has 0 spiro atoms. The molecule has 8 nitrogen and oxygen atoms in total. The van der Waals surface area contributed by atoms with E-state index in [9.17, 15) is 9.59 Å². The van der Waals surface area contributed by atoms with Crippen LogP contribution in [0.1, 0.15) is 10.4 Å². The number of anilines is 2. The van der Waals surface area contributed by atoms with Crippen LogP contribution in [0.15, 0.2) is 78.9 Å². The fraction of sp³-hybridized carbons (Fsp3) is 0.231. The summed E-state index contributed by atoms with van der Waals surface area (Å²) in [5.41, 5.74) is 1.82. The van der Waals surface area contributed by atoms with Crippen LogP contribution in [-0.2, 0) is 9.53 Å². The van der Waals surface area contributed by atoms with E-state index in [2.05, 4.69) is 16.0 Å². The van der Waals surface area contributed by atoms with E-state index in [1.54, 1.807) is 31.4 Å². The van der Waals surface area contributed by atoms with Crippen LogP contribution in [0.4, 0.5) is 11.4 Å². The molecule has 178 valence electrons. The highest BCUT2D eigenvalue weighted by Gasteiger charge is 2.08. The quantitative estimate of drug-likeness (QED) is 0.335. The summed E-state index contributed by atoms with van der Waals surface area (Å²) in [6.07, 6.45) is 0. The van der Waals surface area contributed by atoms with Crippen molar-refractivity contribution >= 4 is 23.2 Å². The largest absolute Gasteiger partial charge is 0.490 e. The smallest absolute Gasteiger partial charge is 0.251 e. The molecule has 0 saturated heterocycles. The number of rotatable bonds is 13. The molecule has 3 N–H and O–H groups in total. The monoisotopic (exact) mass is 463 g/mol. The van der Waals surface area contributed by atoms with Crippen molar-refractivity contribution in [3.05, 3.63) is 84.4 Å². The fourth-order valence-corrected chi connectivity index (χ4v) is 3.02. The van der Waals surface area contributed by atoms with Crippen LogP contribution in [0.25, 0.3) is 0 Å². The Bertz CT molecular complexity index is 1040. The average Bonchev–Trinajstić information content (AvgIpc) is 2.87. The standard InChI is InChI=1S/C26H29N3O5/c1-32-16-15-27-26(31)20-11-13-21(14-12-20)29-25(30)19-28-23-9-5-6-10-24(23)34-18-17-33-22-7-3-2-4-8-22/h2-14,28H,15-19H2,1H3,(H,27,31)(H,29,30). The lowest BCUT2D eigenvalue weighted by Gasteiger charge is -2.14. The lowest BCUT2D eigenvalue weighted by atomic mass is 10.2. The van der Waals surface area contributed by atoms with Gasteiger partial charge in [0.15, 0.2) is 0 Å². The number of carbonyl (C=O) groups is 2. The molecule has 3 rings (SSSR count). The Hall–Kier alpha value is -4.04. The third-order valence-corrected chi connectivity index (χ3v) is 4.70. The molecule has 0 aliphatic heterocycles. The van der Waals surface area contributed by atoms with Crippen LogP contribution in [-0.4, -0.2) is 51.8 Å². The first-order valence-electron chi connectivity index (χ1n) is 11.0. The van der Waals surface area contributed by atoms with E-state index in [-0.39, 0.29) is 18.4 Å². The van der Waals surface area contributed by atoms with Crippen molar-refractivity contribution in [3.8, 4) is 11.5 Å². The number of hydrogen-bond acceptors (Lipinski definition) is 6. The minimum atomic E-state index is -0.223. The number of amides is 2. The van der Waals surface area contributed by atoms with E-state index < -0.39 is 0 Å². The van der Waals surface area contributed by atoms with Crippen molar-refractivity contribution < 1.29 is 23.8 Å². The number of ether oxygens (including phenoxy) is 3. The van der Waals surface area contributed by atoms with Gasteiger partial charge in [-0.2, -0.15) is 0 Å². The topological polar surface area (TPSA) is 97.9 Å². The zero-order chi connectivity index (χ0) is 24.0. The zero-order valence-electron chi connectivity index (χ0n) is 19.1. The minimum Gasteiger partial charge on any atom is -0.490 e. The lowest BCUT2D eigenvalue weighted by molar-refractivity contribution is -0.114. The number of benzene rings is 3. The van der Waals surface area contributed by atoms with Crippen LogP contribution in [0.5, 0.6) is 11.5 Å². The van der Waals surface area contributed by atoms with Gasteiger partial charge in [0.2, 0.25) is 5.91 Å². The van der Waals surface area contributed by atoms with Gasteiger partial charge in [0.25, 0.3) is 5.91 Å². The Morgan fingerprint density at radius 1 is 0.794 bits per heavy atom. The van der Waals surface area contributed by atoms with Gasteiger partial charge in [-0.05, 0) is 48.5 Å². The Kier molecular flexibility index (Phi) is 9.76. The molecule has 34 heavy (non-hydrogen) atoms. The maximum Gasteiger partial charge on any atom is 0.251 e. The van der Waals surface area contributed by atoms with E-state index in [0.29, 0.717) is 49.1 Å². The van der Waals surface area contributed by atoms with Crippen molar-refractivity contribution in [1.82, 2.24) is 5.32 Å². The van der Waals surface area contributed by atoms with Crippen LogP contribution in [0.3, 0.4) is 0 Å². The number of hydrogen-bond donors (Lipinski definition) is 3. The van der Waals surface area contributed by atoms with E-state index in [1.807, 2.05) is 54.6 Å². The predicted octanol–water partition coefficient (Wildman–Crippen LogP) is 3.57. The van der Waals surface area contributed by atoms with Gasteiger partial charge in [0.1, 0.15) is 24.7 Å². The van der Waals surface area contributed by atoms with Crippen molar-refractivity contribution in [3.63, 3.8) is 0 Å². The Labute approximate surface area is 199 Å². The number of para-hydroxylation sites is 3. The molecular weight excluding hydrogens is 434 g/mol. The second-order valence-electron chi connectivity index (χ2n) is 7.23. The average molecular weight is 464 g/mol. The third-order valence-electron chi connectivity index (χ3n) is 4.70. The summed E-state index contributed by atoms with van der Waals surface area (Å²) < 4.78 is 16.4. The van der Waals surface area contributed by atoms with Crippen molar-refractivity contribution in [1.29, 1.82) is 0 Å². The highest BCUT2D eigenvalue weighted by molar-refractivity contribution is 5.96. The lowest BCUT2D eigenvalue weighted by Crippen LogP contribution is -2.27. The minimum absolute atomic E-state index is 0.0557. The SMILES string of the molecule is COCCNC(=O)c1ccc(NC(=O)CNc2ccccc2OCCOc2ccccc2)cc1. The summed E-state index contributed by atoms with van der Waals surface area (Å²) in [7, 11) is 1.58. The molecule has 0 heterocycles. The molecule has 8 heteroatoms. The van der Waals surface area contributed by atoms with Gasteiger partial charge in [-0.1, -0.05) is 30.3 Å². The molecule has 0 atom stereocenters. The second kappa shape index (κ2) is 13.5. The van der Waals surface area contributed by atoms with Crippen LogP contribution in [0, 0.1) is 0 Å². The molecule has 0 unspecified atom stereocenters. The van der Waals surface area contributed by atoms with E-state index in [0.717, 1.165) is 5.75 Å². The molecule has 0 bridgehead atoms. The van der Waals surface area contributed by atoms with E-state index in [4.69, 9.17) is 14.2 Å². The van der Waals surface area contributed by atoms with E-state index in [1.165, 1.54) is 0 Å². The molecule has 3 aromatic carbocycles. The van der Waals surface area contributed by atoms with Crippen LogP contribution in [0.2, 0.25) is 0 Å². The summed E-state index contributed by atoms with van der Waals surface area (Å²) in [6.45, 7) is 1.71. The normalized spacial score (nSPS) is 10.3. The molecule has 0 aliphatic rings. The Morgan fingerprint density at radius 2 is 1.50 bits per heavy atom. The number of carbonyl (C=O) groups excluding carboxylic acids is 2. The van der Waals surface area contributed by atoms with Crippen LogP contribution >= 0.6 is 0 Å². The van der Waals surface area contributed by atoms with Crippen molar-refractivity contribution in [2.75, 3.05) is 50.7 Å². The molecular formula is C26H29N3O5. The molecule has 0 fully saturated rings. The first kappa shape index (κ1) is 24.6. The number of nitrogens with one attached hydrogen (secondary N) is 3. The van der Waals surface area contributed by atoms with Gasteiger partial charge in [-0.25, -0.2) is 0 Å². The maximum atomic E-state index is 12.4. The predicted molar refractivity (Wildman–Crippen MR) is 132 cm³/mol. The Morgan fingerprint density at radius 3 is 2.26 bits per heavy atom. The first-order valence-corrected chi connectivity index (χ1v) is 11.0. The molecule has 0 aromatic heterocycles. The van der Waals surface area contributed by atoms with Crippen LogP contribution < -0.4 is 25.4 Å². The third kappa shape index (κ3) is 8.14. The van der Waals surface area contributed by atoms with Gasteiger partial charge >= 0.3 is 0 Å². The van der Waals surface area contributed by atoms with Gasteiger partial charge in [0, 0.05) is 24.9 Å². The van der Waals surface area contributed by atoms with Crippen molar-refractivity contribution in [2.45, 2.75) is 0 Å². The molecule has 3 aromatic rings. The summed E-state index contributed by atoms with van der Waals surface area (Å²) in [5.74, 6) is 1.01. The summed E-state index contributed by atoms with van der Waals surface area (Å²) in [5, 5.41) is 8.65. The molecule has 0 saturated carbocycles. The zero-order valence-corrected chi connectivity index (χ0v) is 19.1. The number of methoxy groups -OCH3 is 1. The fourth-order valence-electron chi connectivity index (χ4n) is 3.02. The molecule has 2 amide bonds. The summed E-state index contributed by atoms with van der Waals surface area (Å²) in [6, 6.07) is 23.6. The second-order valence-corrected chi connectivity index (χ2v) is 7.23. The summed E-state index contributed by atoms with van der Waals surface area (Å²) >= 11 is 0. The van der Waals surface area contributed by atoms with Gasteiger partial charge in [-0.15, -0.1) is 0 Å². The molecule has 0 aliphatic carbocycles. The Balaban J connectivity index is 1.43. The summed E-state index contributed by atoms with van der Waals surface area (Å²) in [4.78, 5) is 24.4. The highest BCUT2D eigenvalue weighted by Crippen LogP contribution is 2.23. The van der Waals surface area contributed by atoms with Gasteiger partial charge < -0.3 is 30.2 Å². The first-order chi connectivity index (χ1) is 16.7. The molecule has 0 radical (unpaired) electrons. The van der Waals surface area contributed by atoms with E-state index >= 15 is 0 Å². The van der Waals surface area contributed by atoms with Gasteiger partial charge in [0.05, 0.1) is 18.8 Å². The highest BCUT2D eigenvalue weighted by atomic mass is 16.5. The van der Waals surface area contributed by atoms with Gasteiger partial charge in [-0.3, -0.25) is 9.59 Å². The maximum absolute atomic E-state index is 12.4. The van der Waals surface area contributed by atoms with Crippen molar-refractivity contribution in [2.24, 2.45) is 0 Å².